The predicted octanol–water partition coefficient (Wildman–Crippen LogP) is 3.12. The van der Waals surface area contributed by atoms with Gasteiger partial charge in [0.2, 0.25) is 5.91 Å². The van der Waals surface area contributed by atoms with Crippen molar-refractivity contribution >= 4 is 24.0 Å². The molecule has 2 aromatic carbocycles. The Labute approximate surface area is 174 Å². The minimum Gasteiger partial charge on any atom is -0.495 e. The smallest absolute Gasteiger partial charge is 0.216 e. The molecule has 1 heterocycles. The first-order chi connectivity index (χ1) is 13.2. The number of piperazine rings is 1. The van der Waals surface area contributed by atoms with Crippen molar-refractivity contribution in [2.75, 3.05) is 44.7 Å². The third kappa shape index (κ3) is 6.14. The number of ether oxygens (including phenoxy) is 1. The van der Waals surface area contributed by atoms with Crippen LogP contribution in [-0.2, 0) is 17.8 Å². The number of benzene rings is 2. The molecule has 5 nitrogen and oxygen atoms in total. The van der Waals surface area contributed by atoms with E-state index in [4.69, 9.17) is 4.74 Å². The summed E-state index contributed by atoms with van der Waals surface area (Å²) in [5.41, 5.74) is 3.78. The number of para-hydroxylation sites is 2. The maximum absolute atomic E-state index is 10.9. The largest absolute Gasteiger partial charge is 0.495 e. The summed E-state index contributed by atoms with van der Waals surface area (Å²) in [5.74, 6) is 0.972. The number of halogens is 1. The fourth-order valence-corrected chi connectivity index (χ4v) is 3.49. The third-order valence-corrected chi connectivity index (χ3v) is 5.01. The van der Waals surface area contributed by atoms with Crippen molar-refractivity contribution in [3.8, 4) is 5.75 Å². The van der Waals surface area contributed by atoms with Crippen LogP contribution in [0.4, 0.5) is 5.69 Å². The summed E-state index contributed by atoms with van der Waals surface area (Å²) in [4.78, 5) is 15.8. The zero-order chi connectivity index (χ0) is 19.1. The Morgan fingerprint density at radius 2 is 1.64 bits per heavy atom. The molecule has 152 valence electrons. The highest BCUT2D eigenvalue weighted by Crippen LogP contribution is 2.28. The standard InChI is InChI=1S/C22H29N3O2.ClH/c1-18(26)23-12-11-19-7-9-20(10-8-19)17-24-13-15-25(16-14-24)21-5-3-4-6-22(21)27-2;/h3-10H,11-17H2,1-2H3,(H,23,26);1H. The van der Waals surface area contributed by atoms with Crippen LogP contribution in [0.2, 0.25) is 0 Å². The second-order valence-electron chi connectivity index (χ2n) is 6.98. The van der Waals surface area contributed by atoms with Crippen molar-refractivity contribution in [2.45, 2.75) is 19.9 Å². The average Bonchev–Trinajstić information content (AvgIpc) is 2.70. The Bertz CT molecular complexity index is 744. The van der Waals surface area contributed by atoms with Crippen LogP contribution in [-0.4, -0.2) is 50.6 Å². The second-order valence-corrected chi connectivity index (χ2v) is 6.98. The van der Waals surface area contributed by atoms with E-state index in [1.54, 1.807) is 14.0 Å². The number of nitrogens with zero attached hydrogens (tertiary/aromatic N) is 2. The molecule has 1 saturated heterocycles. The Morgan fingerprint density at radius 1 is 1.00 bits per heavy atom. The number of amides is 1. The van der Waals surface area contributed by atoms with Crippen LogP contribution < -0.4 is 15.0 Å². The first kappa shape index (κ1) is 22.1. The summed E-state index contributed by atoms with van der Waals surface area (Å²) >= 11 is 0. The van der Waals surface area contributed by atoms with Gasteiger partial charge in [0.1, 0.15) is 5.75 Å². The van der Waals surface area contributed by atoms with E-state index in [0.29, 0.717) is 6.54 Å². The summed E-state index contributed by atoms with van der Waals surface area (Å²) < 4.78 is 5.49. The molecule has 1 fully saturated rings. The molecule has 0 spiro atoms. The number of hydrogen-bond acceptors (Lipinski definition) is 4. The quantitative estimate of drug-likeness (QED) is 0.771. The van der Waals surface area contributed by atoms with Crippen molar-refractivity contribution in [3.05, 3.63) is 59.7 Å². The number of anilines is 1. The zero-order valence-corrected chi connectivity index (χ0v) is 17.5. The molecule has 1 aliphatic rings. The first-order valence-electron chi connectivity index (χ1n) is 9.58. The Hall–Kier alpha value is -2.24. The lowest BCUT2D eigenvalue weighted by atomic mass is 10.1. The predicted molar refractivity (Wildman–Crippen MR) is 117 cm³/mol. The second kappa shape index (κ2) is 10.9. The van der Waals surface area contributed by atoms with Gasteiger partial charge in [-0.15, -0.1) is 12.4 Å². The highest BCUT2D eigenvalue weighted by atomic mass is 35.5. The summed E-state index contributed by atoms with van der Waals surface area (Å²) in [6, 6.07) is 17.0. The first-order valence-corrected chi connectivity index (χ1v) is 9.58. The minimum atomic E-state index is 0. The summed E-state index contributed by atoms with van der Waals surface area (Å²) in [7, 11) is 1.73. The maximum atomic E-state index is 10.9. The molecular formula is C22H30ClN3O2. The highest BCUT2D eigenvalue weighted by molar-refractivity contribution is 5.85. The number of carbonyl (C=O) groups is 1. The van der Waals surface area contributed by atoms with Crippen LogP contribution in [0.5, 0.6) is 5.75 Å². The normalized spacial score (nSPS) is 14.3. The van der Waals surface area contributed by atoms with Crippen molar-refractivity contribution in [1.82, 2.24) is 10.2 Å². The third-order valence-electron chi connectivity index (χ3n) is 5.01. The average molecular weight is 404 g/mol. The van der Waals surface area contributed by atoms with E-state index in [9.17, 15) is 4.79 Å². The molecule has 28 heavy (non-hydrogen) atoms. The lowest BCUT2D eigenvalue weighted by Crippen LogP contribution is -2.46. The number of hydrogen-bond donors (Lipinski definition) is 1. The van der Waals surface area contributed by atoms with Crippen LogP contribution in [0.15, 0.2) is 48.5 Å². The molecule has 0 aromatic heterocycles. The maximum Gasteiger partial charge on any atom is 0.216 e. The molecule has 1 aliphatic heterocycles. The molecule has 0 radical (unpaired) electrons. The van der Waals surface area contributed by atoms with Crippen molar-refractivity contribution < 1.29 is 9.53 Å². The van der Waals surface area contributed by atoms with E-state index in [1.807, 2.05) is 12.1 Å². The van der Waals surface area contributed by atoms with E-state index in [1.165, 1.54) is 16.8 Å². The van der Waals surface area contributed by atoms with Crippen LogP contribution >= 0.6 is 12.4 Å². The minimum absolute atomic E-state index is 0. The van der Waals surface area contributed by atoms with Crippen LogP contribution in [0.1, 0.15) is 18.1 Å². The Kier molecular flexibility index (Phi) is 8.61. The SMILES string of the molecule is COc1ccccc1N1CCN(Cc2ccc(CCNC(C)=O)cc2)CC1.Cl. The fourth-order valence-electron chi connectivity index (χ4n) is 3.49. The molecule has 0 unspecified atom stereocenters. The van der Waals surface area contributed by atoms with Crippen LogP contribution in [0.25, 0.3) is 0 Å². The Morgan fingerprint density at radius 3 is 2.29 bits per heavy atom. The number of rotatable bonds is 7. The van der Waals surface area contributed by atoms with Crippen LogP contribution in [0.3, 0.4) is 0 Å². The van der Waals surface area contributed by atoms with E-state index in [-0.39, 0.29) is 18.3 Å². The summed E-state index contributed by atoms with van der Waals surface area (Å²) in [6.45, 7) is 7.33. The molecular weight excluding hydrogens is 374 g/mol. The topological polar surface area (TPSA) is 44.8 Å². The molecule has 0 atom stereocenters. The number of nitrogens with one attached hydrogen (secondary N) is 1. The van der Waals surface area contributed by atoms with Gasteiger partial charge in [0, 0.05) is 46.2 Å². The molecule has 1 amide bonds. The molecule has 0 saturated carbocycles. The van der Waals surface area contributed by atoms with Crippen LogP contribution in [0, 0.1) is 0 Å². The van der Waals surface area contributed by atoms with E-state index in [0.717, 1.165) is 44.9 Å². The molecule has 6 heteroatoms. The monoisotopic (exact) mass is 403 g/mol. The fraction of sp³-hybridized carbons (Fsp3) is 0.409. The molecule has 3 rings (SSSR count). The van der Waals surface area contributed by atoms with Gasteiger partial charge in [-0.05, 0) is 29.7 Å². The van der Waals surface area contributed by atoms with Gasteiger partial charge in [0.15, 0.2) is 0 Å². The van der Waals surface area contributed by atoms with E-state index >= 15 is 0 Å². The summed E-state index contributed by atoms with van der Waals surface area (Å²) in [5, 5.41) is 2.84. The molecule has 2 aromatic rings. The van der Waals surface area contributed by atoms with Gasteiger partial charge in [-0.25, -0.2) is 0 Å². The van der Waals surface area contributed by atoms with Crippen molar-refractivity contribution in [3.63, 3.8) is 0 Å². The zero-order valence-electron chi connectivity index (χ0n) is 16.7. The highest BCUT2D eigenvalue weighted by Gasteiger charge is 2.19. The molecule has 0 aliphatic carbocycles. The summed E-state index contributed by atoms with van der Waals surface area (Å²) in [6.07, 6.45) is 0.872. The van der Waals surface area contributed by atoms with Gasteiger partial charge in [-0.2, -0.15) is 0 Å². The number of methoxy groups -OCH3 is 1. The number of carbonyl (C=O) groups excluding carboxylic acids is 1. The van der Waals surface area contributed by atoms with Gasteiger partial charge < -0.3 is 15.0 Å². The molecule has 1 N–H and O–H groups in total. The van der Waals surface area contributed by atoms with Gasteiger partial charge in [-0.1, -0.05) is 36.4 Å². The Balaban J connectivity index is 0.00000280. The van der Waals surface area contributed by atoms with E-state index in [2.05, 4.69) is 51.5 Å². The lowest BCUT2D eigenvalue weighted by molar-refractivity contribution is -0.118. The molecule has 0 bridgehead atoms. The van der Waals surface area contributed by atoms with Crippen molar-refractivity contribution in [2.24, 2.45) is 0 Å². The van der Waals surface area contributed by atoms with Crippen molar-refractivity contribution in [1.29, 1.82) is 0 Å². The van der Waals surface area contributed by atoms with Gasteiger partial charge in [0.05, 0.1) is 12.8 Å². The van der Waals surface area contributed by atoms with Gasteiger partial charge in [-0.3, -0.25) is 9.69 Å². The van der Waals surface area contributed by atoms with E-state index < -0.39 is 0 Å². The van der Waals surface area contributed by atoms with Gasteiger partial charge in [0.25, 0.3) is 0 Å². The van der Waals surface area contributed by atoms with Gasteiger partial charge >= 0.3 is 0 Å². The lowest BCUT2D eigenvalue weighted by Gasteiger charge is -2.36.